The molecule has 0 aliphatic rings. The zero-order chi connectivity index (χ0) is 0. The molecule has 0 aromatic rings. The summed E-state index contributed by atoms with van der Waals surface area (Å²) < 4.78 is 0. The molecular formula is H4Bi2Co2Fe2O3Sr2. The van der Waals surface area contributed by atoms with E-state index in [0.29, 0.717) is 0 Å². The molecule has 0 rings (SSSR count). The van der Waals surface area contributed by atoms with Crippen LogP contribution in [0.3, 0.4) is 0 Å². The quantitative estimate of drug-likeness (QED) is 0.234. The van der Waals surface area contributed by atoms with E-state index >= 15 is 0 Å². The van der Waals surface area contributed by atoms with Crippen LogP contribution in [0.4, 0.5) is 0 Å². The van der Waals surface area contributed by atoms with Crippen molar-refractivity contribution >= 4 is 143 Å². The van der Waals surface area contributed by atoms with Crippen molar-refractivity contribution < 1.29 is 84.1 Å². The van der Waals surface area contributed by atoms with Gasteiger partial charge in [0.2, 0.25) is 0 Å². The molecule has 11 heavy (non-hydrogen) atoms. The van der Waals surface area contributed by atoms with E-state index in [1.165, 1.54) is 0 Å². The molecule has 0 bridgehead atoms. The van der Waals surface area contributed by atoms with Gasteiger partial charge in [-0.25, -0.2) is 0 Å². The van der Waals surface area contributed by atoms with Crippen molar-refractivity contribution in [2.75, 3.05) is 0 Å². The first kappa shape index (κ1) is 111. The minimum atomic E-state index is 0. The standard InChI is InChI=1S/2Bi.2Co.2Fe.3O.2Sr.4H/q;;;;2*+3;3*-2;;;;;;. The molecule has 0 aromatic heterocycles. The zero-order valence-corrected chi connectivity index (χ0v) is 14.7. The van der Waals surface area contributed by atoms with E-state index in [2.05, 4.69) is 0 Å². The molecule has 0 aliphatic carbocycles. The molecule has 0 saturated carbocycles. The first-order valence-corrected chi connectivity index (χ1v) is 0. The van der Waals surface area contributed by atoms with Crippen molar-refractivity contribution in [3.05, 3.63) is 0 Å². The molecule has 0 atom stereocenters. The third-order valence-corrected chi connectivity index (χ3v) is 0. The van der Waals surface area contributed by atoms with Gasteiger partial charge in [-0.05, 0) is 0 Å². The molecule has 11 heteroatoms. The maximum atomic E-state index is 0. The normalized spacial score (nSPS) is 0. The second-order valence-corrected chi connectivity index (χ2v) is 0. The van der Waals surface area contributed by atoms with Gasteiger partial charge in [-0.15, -0.1) is 0 Å². The van der Waals surface area contributed by atoms with Crippen molar-refractivity contribution in [3.63, 3.8) is 0 Å². The molecule has 0 unspecified atom stereocenters. The fraction of sp³-hybridized carbons (Fsp3) is 0. The van der Waals surface area contributed by atoms with Crippen LogP contribution in [0.25, 0.3) is 0 Å². The average molecular weight is 875 g/mol. The van der Waals surface area contributed by atoms with Crippen molar-refractivity contribution in [2.24, 2.45) is 0 Å². The van der Waals surface area contributed by atoms with E-state index < -0.39 is 0 Å². The predicted octanol–water partition coefficient (Wildman–Crippen LogP) is -2.96. The fourth-order valence-corrected chi connectivity index (χ4v) is 0. The molecule has 0 heterocycles. The van der Waals surface area contributed by atoms with Gasteiger partial charge in [0.05, 0.1) is 0 Å². The molecule has 0 aromatic carbocycles. The minimum absolute atomic E-state index is 0. The van der Waals surface area contributed by atoms with Gasteiger partial charge >= 0.3 is 125 Å². The Morgan fingerprint density at radius 3 is 0.455 bits per heavy atom. The van der Waals surface area contributed by atoms with Crippen LogP contribution in [0, 0.1) is 0 Å². The molecule has 10 radical (unpaired) electrons. The third-order valence-electron chi connectivity index (χ3n) is 0. The second-order valence-electron chi connectivity index (χ2n) is 0. The summed E-state index contributed by atoms with van der Waals surface area (Å²) in [4.78, 5) is 0. The van der Waals surface area contributed by atoms with Gasteiger partial charge in [-0.2, -0.15) is 0 Å². The summed E-state index contributed by atoms with van der Waals surface area (Å²) in [6.45, 7) is 0. The Morgan fingerprint density at radius 2 is 0.455 bits per heavy atom. The van der Waals surface area contributed by atoms with Crippen molar-refractivity contribution in [1.29, 1.82) is 0 Å². The molecule has 70 valence electrons. The van der Waals surface area contributed by atoms with Crippen LogP contribution in [0.1, 0.15) is 0 Å². The van der Waals surface area contributed by atoms with Gasteiger partial charge < -0.3 is 16.4 Å². The van der Waals surface area contributed by atoms with E-state index in [1.54, 1.807) is 0 Å². The molecule has 0 spiro atoms. The molecule has 0 fully saturated rings. The van der Waals surface area contributed by atoms with Crippen molar-refractivity contribution in [3.8, 4) is 0 Å². The Kier molecular flexibility index (Phi) is 926. The van der Waals surface area contributed by atoms with Crippen molar-refractivity contribution in [1.82, 2.24) is 0 Å². The molecule has 3 nitrogen and oxygen atoms in total. The number of hydrogen-bond donors (Lipinski definition) is 0. The van der Waals surface area contributed by atoms with Gasteiger partial charge in [0.1, 0.15) is 0 Å². The van der Waals surface area contributed by atoms with Crippen LogP contribution >= 0.6 is 0 Å². The van der Waals surface area contributed by atoms with Crippen LogP contribution in [-0.4, -0.2) is 143 Å². The van der Waals surface area contributed by atoms with Crippen LogP contribution in [0.2, 0.25) is 0 Å². The third kappa shape index (κ3) is 80.7. The first-order chi connectivity index (χ1) is 0. The zero-order valence-electron chi connectivity index (χ0n) is 3.49. The summed E-state index contributed by atoms with van der Waals surface area (Å²) >= 11 is 0. The topological polar surface area (TPSA) is 85.5 Å². The number of rotatable bonds is 0. The van der Waals surface area contributed by atoms with Gasteiger partial charge in [0.15, 0.2) is 0 Å². The Morgan fingerprint density at radius 1 is 0.455 bits per heavy atom. The summed E-state index contributed by atoms with van der Waals surface area (Å²) in [5, 5.41) is 0. The Labute approximate surface area is 221 Å². The Hall–Kier alpha value is 6.66. The summed E-state index contributed by atoms with van der Waals surface area (Å²) in [5.41, 5.74) is 0. The monoisotopic (exact) mass is 876 g/mol. The SMILES string of the molecule is [Bi].[Bi].[Co].[Co].[Fe+3].[Fe+3].[O-2].[O-2].[O-2].[SrH2].[SrH2]. The van der Waals surface area contributed by atoms with Crippen LogP contribution in [0.15, 0.2) is 0 Å². The second kappa shape index (κ2) is 92.1. The van der Waals surface area contributed by atoms with Crippen LogP contribution in [0.5, 0.6) is 0 Å². The van der Waals surface area contributed by atoms with E-state index in [0.717, 1.165) is 0 Å². The Balaban J connectivity index is 0. The number of hydrogen-bond acceptors (Lipinski definition) is 0. The molecule has 0 saturated heterocycles. The van der Waals surface area contributed by atoms with Gasteiger partial charge in [0, 0.05) is 86.0 Å². The van der Waals surface area contributed by atoms with E-state index in [9.17, 15) is 0 Å². The first-order valence-electron chi connectivity index (χ1n) is 0. The average Bonchev–Trinajstić information content (AvgIpc) is 0. The summed E-state index contributed by atoms with van der Waals surface area (Å²) in [6.07, 6.45) is 0. The molecular weight excluding hydrogens is 871 g/mol. The van der Waals surface area contributed by atoms with Crippen molar-refractivity contribution in [2.45, 2.75) is 0 Å². The summed E-state index contributed by atoms with van der Waals surface area (Å²) in [6, 6.07) is 0. The predicted molar refractivity (Wildman–Crippen MR) is 30.7 cm³/mol. The van der Waals surface area contributed by atoms with E-state index in [4.69, 9.17) is 0 Å². The van der Waals surface area contributed by atoms with E-state index in [1.807, 2.05) is 0 Å². The molecule has 0 amide bonds. The maximum absolute atomic E-state index is 0. The molecule has 0 aliphatic heterocycles. The summed E-state index contributed by atoms with van der Waals surface area (Å²) in [7, 11) is 0. The van der Waals surface area contributed by atoms with Gasteiger partial charge in [-0.3, -0.25) is 0 Å². The van der Waals surface area contributed by atoms with E-state index in [-0.39, 0.29) is 227 Å². The van der Waals surface area contributed by atoms with Gasteiger partial charge in [0.25, 0.3) is 0 Å². The fourth-order valence-electron chi connectivity index (χ4n) is 0. The van der Waals surface area contributed by atoms with Crippen LogP contribution in [-0.2, 0) is 84.1 Å². The van der Waals surface area contributed by atoms with Crippen LogP contribution < -0.4 is 0 Å². The van der Waals surface area contributed by atoms with Gasteiger partial charge in [-0.1, -0.05) is 0 Å². The summed E-state index contributed by atoms with van der Waals surface area (Å²) in [5.74, 6) is 0. The molecule has 0 N–H and O–H groups in total. The Bertz CT molecular complexity index is 25.3.